The van der Waals surface area contributed by atoms with Crippen molar-refractivity contribution < 1.29 is 9.90 Å². The maximum absolute atomic E-state index is 11.0. The molecule has 0 aliphatic carbocycles. The van der Waals surface area contributed by atoms with Crippen molar-refractivity contribution in [2.75, 3.05) is 18.4 Å². The van der Waals surface area contributed by atoms with E-state index in [1.54, 1.807) is 18.6 Å². The van der Waals surface area contributed by atoms with Crippen molar-refractivity contribution in [3.8, 4) is 11.3 Å². The lowest BCUT2D eigenvalue weighted by Crippen LogP contribution is -2.30. The number of pyridine rings is 1. The van der Waals surface area contributed by atoms with Gasteiger partial charge in [0, 0.05) is 37.1 Å². The number of nitrogens with zero attached hydrogens (tertiary/aromatic N) is 4. The average Bonchev–Trinajstić information content (AvgIpc) is 3.23. The molecule has 1 aliphatic heterocycles. The Balaban J connectivity index is 1.62. The third kappa shape index (κ3) is 2.62. The summed E-state index contributed by atoms with van der Waals surface area (Å²) in [5, 5.41) is 12.4. The number of amides is 1. The van der Waals surface area contributed by atoms with Crippen molar-refractivity contribution in [3.63, 3.8) is 0 Å². The molecule has 1 saturated heterocycles. The van der Waals surface area contributed by atoms with Crippen LogP contribution < -0.4 is 5.32 Å². The van der Waals surface area contributed by atoms with E-state index in [2.05, 4.69) is 25.3 Å². The summed E-state index contributed by atoms with van der Waals surface area (Å²) in [5.41, 5.74) is 3.11. The van der Waals surface area contributed by atoms with E-state index in [-0.39, 0.29) is 6.04 Å². The number of aromatic nitrogens is 4. The Labute approximate surface area is 137 Å². The van der Waals surface area contributed by atoms with Crippen LogP contribution in [0.5, 0.6) is 0 Å². The van der Waals surface area contributed by atoms with Gasteiger partial charge in [0.25, 0.3) is 0 Å². The van der Waals surface area contributed by atoms with Gasteiger partial charge in [-0.1, -0.05) is 0 Å². The molecule has 0 spiro atoms. The van der Waals surface area contributed by atoms with E-state index in [0.29, 0.717) is 18.9 Å². The van der Waals surface area contributed by atoms with Crippen LogP contribution in [0.25, 0.3) is 22.4 Å². The number of aromatic amines is 1. The highest BCUT2D eigenvalue weighted by Gasteiger charge is 2.26. The molecule has 24 heavy (non-hydrogen) atoms. The molecule has 1 amide bonds. The smallest absolute Gasteiger partial charge is 0.407 e. The normalized spacial score (nSPS) is 17.3. The zero-order valence-corrected chi connectivity index (χ0v) is 12.8. The van der Waals surface area contributed by atoms with Gasteiger partial charge in [-0.25, -0.2) is 19.7 Å². The number of likely N-dealkylation sites (tertiary alicyclic amines) is 1. The Morgan fingerprint density at radius 3 is 3.12 bits per heavy atom. The van der Waals surface area contributed by atoms with Crippen LogP contribution in [0.1, 0.15) is 6.42 Å². The van der Waals surface area contributed by atoms with E-state index in [9.17, 15) is 4.79 Å². The van der Waals surface area contributed by atoms with Gasteiger partial charge in [-0.05, 0) is 24.6 Å². The second-order valence-corrected chi connectivity index (χ2v) is 5.72. The topological polar surface area (TPSA) is 107 Å². The molecule has 1 fully saturated rings. The first-order valence-corrected chi connectivity index (χ1v) is 7.70. The molecule has 8 nitrogen and oxygen atoms in total. The molecule has 0 bridgehead atoms. The number of hydrogen-bond donors (Lipinski definition) is 3. The van der Waals surface area contributed by atoms with E-state index in [0.717, 1.165) is 28.8 Å². The quantitative estimate of drug-likeness (QED) is 0.682. The molecule has 3 aromatic rings. The van der Waals surface area contributed by atoms with Gasteiger partial charge in [-0.15, -0.1) is 0 Å². The number of nitrogens with one attached hydrogen (secondary N) is 2. The number of carboxylic acid groups (broad SMARTS) is 1. The standard InChI is InChI=1S/C16H16N6O2/c23-16(24)22-7-4-10(9-22)20-14-11(2-1-5-17-14)13-8-19-15-12(21-13)3-6-18-15/h1-3,5-6,8,10H,4,7,9H2,(H,17,20)(H,18,19)(H,23,24)/t10-/m1/s1. The van der Waals surface area contributed by atoms with Gasteiger partial charge in [0.15, 0.2) is 5.65 Å². The zero-order valence-electron chi connectivity index (χ0n) is 12.8. The first-order valence-electron chi connectivity index (χ1n) is 7.70. The zero-order chi connectivity index (χ0) is 16.5. The van der Waals surface area contributed by atoms with Gasteiger partial charge >= 0.3 is 6.09 Å². The predicted octanol–water partition coefficient (Wildman–Crippen LogP) is 2.18. The lowest BCUT2D eigenvalue weighted by Gasteiger charge is -2.16. The van der Waals surface area contributed by atoms with Crippen LogP contribution in [0, 0.1) is 0 Å². The maximum atomic E-state index is 11.0. The van der Waals surface area contributed by atoms with Crippen LogP contribution in [0.3, 0.4) is 0 Å². The van der Waals surface area contributed by atoms with Crippen molar-refractivity contribution in [1.82, 2.24) is 24.8 Å². The molecule has 8 heteroatoms. The summed E-state index contributed by atoms with van der Waals surface area (Å²) < 4.78 is 0. The second-order valence-electron chi connectivity index (χ2n) is 5.72. The van der Waals surface area contributed by atoms with Crippen LogP contribution in [-0.4, -0.2) is 55.2 Å². The van der Waals surface area contributed by atoms with Crippen molar-refractivity contribution in [2.24, 2.45) is 0 Å². The maximum Gasteiger partial charge on any atom is 0.407 e. The van der Waals surface area contributed by atoms with E-state index >= 15 is 0 Å². The van der Waals surface area contributed by atoms with Crippen LogP contribution >= 0.6 is 0 Å². The molecule has 3 aromatic heterocycles. The summed E-state index contributed by atoms with van der Waals surface area (Å²) in [6.45, 7) is 0.984. The van der Waals surface area contributed by atoms with Crippen molar-refractivity contribution in [2.45, 2.75) is 12.5 Å². The monoisotopic (exact) mass is 324 g/mol. The molecular formula is C16H16N6O2. The SMILES string of the molecule is O=C(O)N1CC[C@@H](Nc2ncccc2-c2cnc3[nH]ccc3n2)C1. The highest BCUT2D eigenvalue weighted by Crippen LogP contribution is 2.26. The molecule has 1 atom stereocenters. The molecule has 3 N–H and O–H groups in total. The van der Waals surface area contributed by atoms with Crippen molar-refractivity contribution >= 4 is 23.1 Å². The summed E-state index contributed by atoms with van der Waals surface area (Å²) in [4.78, 5) is 28.9. The minimum absolute atomic E-state index is 0.0405. The molecule has 1 aliphatic rings. The lowest BCUT2D eigenvalue weighted by molar-refractivity contribution is 0.155. The third-order valence-electron chi connectivity index (χ3n) is 4.14. The third-order valence-corrected chi connectivity index (χ3v) is 4.14. The number of hydrogen-bond acceptors (Lipinski definition) is 5. The fourth-order valence-corrected chi connectivity index (χ4v) is 2.93. The molecule has 0 radical (unpaired) electrons. The number of carbonyl (C=O) groups is 1. The van der Waals surface area contributed by atoms with Crippen molar-refractivity contribution in [1.29, 1.82) is 0 Å². The summed E-state index contributed by atoms with van der Waals surface area (Å²) in [5.74, 6) is 0.693. The van der Waals surface area contributed by atoms with E-state index in [1.807, 2.05) is 18.2 Å². The fraction of sp³-hybridized carbons (Fsp3) is 0.250. The predicted molar refractivity (Wildman–Crippen MR) is 88.7 cm³/mol. The van der Waals surface area contributed by atoms with E-state index < -0.39 is 6.09 Å². The Hall–Kier alpha value is -3.16. The summed E-state index contributed by atoms with van der Waals surface area (Å²) in [7, 11) is 0. The first-order chi connectivity index (χ1) is 11.7. The molecule has 0 unspecified atom stereocenters. The largest absolute Gasteiger partial charge is 0.465 e. The second kappa shape index (κ2) is 5.80. The highest BCUT2D eigenvalue weighted by molar-refractivity contribution is 5.78. The van der Waals surface area contributed by atoms with Gasteiger partial charge in [-0.3, -0.25) is 0 Å². The van der Waals surface area contributed by atoms with E-state index in [4.69, 9.17) is 5.11 Å². The highest BCUT2D eigenvalue weighted by atomic mass is 16.4. The van der Waals surface area contributed by atoms with Crippen LogP contribution in [0.15, 0.2) is 36.8 Å². The minimum Gasteiger partial charge on any atom is -0.465 e. The lowest BCUT2D eigenvalue weighted by atomic mass is 10.1. The molecular weight excluding hydrogens is 308 g/mol. The number of H-pyrrole nitrogens is 1. The van der Waals surface area contributed by atoms with Crippen LogP contribution in [0.4, 0.5) is 10.6 Å². The summed E-state index contributed by atoms with van der Waals surface area (Å²) >= 11 is 0. The molecule has 0 saturated carbocycles. The van der Waals surface area contributed by atoms with E-state index in [1.165, 1.54) is 4.90 Å². The fourth-order valence-electron chi connectivity index (χ4n) is 2.93. The Bertz CT molecular complexity index is 893. The Morgan fingerprint density at radius 1 is 1.38 bits per heavy atom. The molecule has 122 valence electrons. The van der Waals surface area contributed by atoms with Gasteiger partial charge in [0.1, 0.15) is 11.3 Å². The van der Waals surface area contributed by atoms with Gasteiger partial charge in [0.05, 0.1) is 11.9 Å². The Kier molecular flexibility index (Phi) is 3.49. The molecule has 4 heterocycles. The van der Waals surface area contributed by atoms with Crippen LogP contribution in [0.2, 0.25) is 0 Å². The molecule has 4 rings (SSSR count). The minimum atomic E-state index is -0.885. The number of anilines is 1. The summed E-state index contributed by atoms with van der Waals surface area (Å²) in [6, 6.07) is 5.69. The first kappa shape index (κ1) is 14.4. The van der Waals surface area contributed by atoms with Gasteiger partial charge in [0.2, 0.25) is 0 Å². The average molecular weight is 324 g/mol. The van der Waals surface area contributed by atoms with Crippen molar-refractivity contribution in [3.05, 3.63) is 36.8 Å². The van der Waals surface area contributed by atoms with Gasteiger partial charge in [-0.2, -0.15) is 0 Å². The summed E-state index contributed by atoms with van der Waals surface area (Å²) in [6.07, 6.45) is 5.09. The molecule has 0 aromatic carbocycles. The Morgan fingerprint density at radius 2 is 2.29 bits per heavy atom. The van der Waals surface area contributed by atoms with Gasteiger partial charge < -0.3 is 20.3 Å². The van der Waals surface area contributed by atoms with Crippen LogP contribution in [-0.2, 0) is 0 Å². The number of rotatable bonds is 3. The number of fused-ring (bicyclic) bond motifs is 1.